The second kappa shape index (κ2) is 41.4. The molecule has 27 heteroatoms. The largest absolute Gasteiger partial charge is 0.459 e. The minimum Gasteiger partial charge on any atom is -0.459 e. The van der Waals surface area contributed by atoms with Crippen LogP contribution in [0, 0.1) is 11.3 Å². The normalized spacial score (nSPS) is 22.3. The van der Waals surface area contributed by atoms with Crippen molar-refractivity contribution < 1.29 is 124 Å². The van der Waals surface area contributed by atoms with Crippen molar-refractivity contribution in [1.82, 2.24) is 0 Å². The standard InChI is InChI=1S/C96H77NO26/c97-56-71(60-34-12-1-13-35-60)111-96-83(123-93(107)70-54-32-11-33-55-70)80(120-90(104)67-48-26-8-27-49-67)77(117-87(101)64-42-20-5-21-43-64)74(114-96)59-110-95-82(122-92(106)69-52-30-10-31-53-69)79(119-89(103)66-46-24-7-25-47-66)76(116-86(100)63-40-18-4-19-41-63)73(113-95)58-109-94-81(121-91(105)68-50-28-9-29-51-68)78(118-88(102)65-44-22-6-23-45-65)75(115-85(99)62-38-16-3-17-39-62)72(112-94)57-108-84(98)61-36-14-2-15-37-61/h1-55,71-83,94-96H,57-59H2/t71-,72+,73+,74+,75+,76+,77+,78-,79-,80-,81+,82+,83+,94+,95+,96+/m0/s1. The summed E-state index contributed by atoms with van der Waals surface area (Å²) in [5.74, 6) is -10.6. The quantitative estimate of drug-likeness (QED) is 0.0298. The zero-order valence-electron chi connectivity index (χ0n) is 65.2. The number of rotatable bonds is 30. The van der Waals surface area contributed by atoms with Crippen LogP contribution in [-0.4, -0.2) is 172 Å². The first kappa shape index (κ1) is 84.8. The van der Waals surface area contributed by atoms with Crippen LogP contribution in [0.5, 0.6) is 0 Å². The molecule has 0 aromatic heterocycles. The summed E-state index contributed by atoms with van der Waals surface area (Å²) in [5.41, 5.74) is -0.174. The van der Waals surface area contributed by atoms with Gasteiger partial charge in [-0.1, -0.05) is 212 Å². The number of hydrogen-bond donors (Lipinski definition) is 0. The van der Waals surface area contributed by atoms with E-state index in [0.717, 1.165) is 0 Å². The van der Waals surface area contributed by atoms with E-state index < -0.39 is 178 Å². The molecule has 3 heterocycles. The van der Waals surface area contributed by atoms with E-state index in [-0.39, 0.29) is 61.2 Å². The van der Waals surface area contributed by atoms with Gasteiger partial charge in [0.15, 0.2) is 73.6 Å². The van der Waals surface area contributed by atoms with E-state index in [2.05, 4.69) is 6.07 Å². The summed E-state index contributed by atoms with van der Waals surface area (Å²) < 4.78 is 105. The lowest BCUT2D eigenvalue weighted by molar-refractivity contribution is -0.341. The number of hydrogen-bond acceptors (Lipinski definition) is 27. The van der Waals surface area contributed by atoms with Gasteiger partial charge >= 0.3 is 59.7 Å². The van der Waals surface area contributed by atoms with Gasteiger partial charge in [0.05, 0.1) is 74.9 Å². The molecule has 11 aromatic rings. The highest BCUT2D eigenvalue weighted by Gasteiger charge is 2.59. The summed E-state index contributed by atoms with van der Waals surface area (Å²) in [4.78, 5) is 149. The molecule has 622 valence electrons. The Morgan fingerprint density at radius 1 is 0.236 bits per heavy atom. The fraction of sp³-hybridized carbons (Fsp3) is 0.198. The molecule has 16 atom stereocenters. The van der Waals surface area contributed by atoms with Crippen molar-refractivity contribution in [3.8, 4) is 6.07 Å². The van der Waals surface area contributed by atoms with Crippen molar-refractivity contribution in [2.24, 2.45) is 0 Å². The van der Waals surface area contributed by atoms with Gasteiger partial charge < -0.3 is 75.8 Å². The van der Waals surface area contributed by atoms with Crippen LogP contribution in [0.15, 0.2) is 334 Å². The van der Waals surface area contributed by atoms with Gasteiger partial charge in [0, 0.05) is 0 Å². The third-order valence-electron chi connectivity index (χ3n) is 19.8. The summed E-state index contributed by atoms with van der Waals surface area (Å²) in [6.07, 6.45) is -31.8. The second-order valence-corrected chi connectivity index (χ2v) is 27.9. The van der Waals surface area contributed by atoms with Crippen LogP contribution in [0.4, 0.5) is 0 Å². The van der Waals surface area contributed by atoms with E-state index in [1.54, 1.807) is 164 Å². The van der Waals surface area contributed by atoms with Crippen molar-refractivity contribution in [1.29, 1.82) is 5.26 Å². The monoisotopic (exact) mass is 1660 g/mol. The Kier molecular flexibility index (Phi) is 28.5. The third kappa shape index (κ3) is 21.7. The molecule has 0 bridgehead atoms. The van der Waals surface area contributed by atoms with Crippen molar-refractivity contribution in [2.45, 2.75) is 98.2 Å². The summed E-state index contributed by atoms with van der Waals surface area (Å²) >= 11 is 0. The predicted molar refractivity (Wildman–Crippen MR) is 431 cm³/mol. The number of carbonyl (C=O) groups is 10. The lowest BCUT2D eigenvalue weighted by atomic mass is 9.96. The van der Waals surface area contributed by atoms with Crippen LogP contribution >= 0.6 is 0 Å². The smallest absolute Gasteiger partial charge is 0.338 e. The summed E-state index contributed by atoms with van der Waals surface area (Å²) in [6.45, 7) is -2.83. The van der Waals surface area contributed by atoms with Crippen molar-refractivity contribution in [3.63, 3.8) is 0 Å². The fourth-order valence-corrected chi connectivity index (χ4v) is 13.7. The van der Waals surface area contributed by atoms with Gasteiger partial charge in [-0.3, -0.25) is 0 Å². The van der Waals surface area contributed by atoms with Crippen LogP contribution in [0.2, 0.25) is 0 Å². The van der Waals surface area contributed by atoms with Gasteiger partial charge in [0.1, 0.15) is 24.9 Å². The van der Waals surface area contributed by atoms with E-state index in [9.17, 15) is 38.8 Å². The average Bonchev–Trinajstić information content (AvgIpc) is 0.772. The van der Waals surface area contributed by atoms with Crippen molar-refractivity contribution >= 4 is 59.7 Å². The van der Waals surface area contributed by atoms with E-state index >= 15 is 14.4 Å². The van der Waals surface area contributed by atoms with E-state index in [0.29, 0.717) is 0 Å². The maximum absolute atomic E-state index is 15.2. The Morgan fingerprint density at radius 3 is 0.659 bits per heavy atom. The number of nitriles is 1. The SMILES string of the molecule is N#C[C@H](O[C@@H]1O[C@H](CO[C@@H]2O[C@H](CO[C@@H]3O[C@H](COC(=O)c4ccccc4)[C@@H](OC(=O)c4ccccc4)[C@H](OC(=O)c4ccccc4)[C@H]3OC(=O)c3ccccc3)[C@@H](OC(=O)c3ccccc3)[C@H](OC(=O)c3ccccc3)[C@H]2OC(=O)c2ccccc2)[C@@H](OC(=O)c2ccccc2)[C@H](OC(=O)c2ccccc2)[C@H]1OC(=O)c1ccccc1)c1ccccc1. The topological polar surface area (TPSA) is 342 Å². The molecule has 3 aliphatic rings. The highest BCUT2D eigenvalue weighted by atomic mass is 16.8. The summed E-state index contributed by atoms with van der Waals surface area (Å²) in [6, 6.07) is 86.0. The molecule has 0 saturated carbocycles. The Hall–Kier alpha value is -14.6. The van der Waals surface area contributed by atoms with Crippen molar-refractivity contribution in [3.05, 3.63) is 395 Å². The van der Waals surface area contributed by atoms with E-state index in [4.69, 9.17) is 75.8 Å². The highest BCUT2D eigenvalue weighted by molar-refractivity contribution is 5.95. The van der Waals surface area contributed by atoms with Gasteiger partial charge in [-0.2, -0.15) is 5.26 Å². The number of ether oxygens (including phenoxy) is 16. The first-order valence-electron chi connectivity index (χ1n) is 39.0. The molecule has 123 heavy (non-hydrogen) atoms. The van der Waals surface area contributed by atoms with Gasteiger partial charge in [0.2, 0.25) is 6.29 Å². The molecule has 0 spiro atoms. The van der Waals surface area contributed by atoms with Gasteiger partial charge in [-0.25, -0.2) is 47.9 Å². The first-order chi connectivity index (χ1) is 60.1. The van der Waals surface area contributed by atoms with Crippen LogP contribution in [0.1, 0.15) is 115 Å². The molecule has 0 amide bonds. The minimum absolute atomic E-state index is 0.0121. The third-order valence-corrected chi connectivity index (χ3v) is 19.8. The molecule has 27 nitrogen and oxygen atoms in total. The van der Waals surface area contributed by atoms with Gasteiger partial charge in [-0.15, -0.1) is 0 Å². The minimum atomic E-state index is -2.21. The molecule has 0 N–H and O–H groups in total. The lowest BCUT2D eigenvalue weighted by Gasteiger charge is -2.47. The molecule has 3 saturated heterocycles. The molecule has 3 fully saturated rings. The molecule has 0 radical (unpaired) electrons. The predicted octanol–water partition coefficient (Wildman–Crippen LogP) is 13.4. The summed E-state index contributed by atoms with van der Waals surface area (Å²) in [5, 5.41) is 11.0. The molecular weight excluding hydrogens is 1580 g/mol. The highest BCUT2D eigenvalue weighted by Crippen LogP contribution is 2.39. The van der Waals surface area contributed by atoms with Crippen LogP contribution in [0.25, 0.3) is 0 Å². The summed E-state index contributed by atoms with van der Waals surface area (Å²) in [7, 11) is 0. The maximum Gasteiger partial charge on any atom is 0.338 e. The van der Waals surface area contributed by atoms with E-state index in [1.807, 2.05) is 0 Å². The molecule has 14 rings (SSSR count). The maximum atomic E-state index is 15.2. The van der Waals surface area contributed by atoms with Crippen LogP contribution in [0.3, 0.4) is 0 Å². The number of carbonyl (C=O) groups excluding carboxylic acids is 10. The molecular formula is C96H77NO26. The lowest BCUT2D eigenvalue weighted by Crippen LogP contribution is -2.66. The Labute approximate surface area is 704 Å². The number of esters is 10. The average molecular weight is 1660 g/mol. The second-order valence-electron chi connectivity index (χ2n) is 27.9. The Morgan fingerprint density at radius 2 is 0.423 bits per heavy atom. The first-order valence-corrected chi connectivity index (χ1v) is 39.0. The number of nitrogens with zero attached hydrogens (tertiary/aromatic N) is 1. The fourth-order valence-electron chi connectivity index (χ4n) is 13.7. The van der Waals surface area contributed by atoms with Crippen LogP contribution < -0.4 is 0 Å². The van der Waals surface area contributed by atoms with Gasteiger partial charge in [0.25, 0.3) is 0 Å². The van der Waals surface area contributed by atoms with E-state index in [1.165, 1.54) is 170 Å². The zero-order valence-corrected chi connectivity index (χ0v) is 65.2. The molecule has 0 aliphatic carbocycles. The zero-order chi connectivity index (χ0) is 85.4. The van der Waals surface area contributed by atoms with Crippen LogP contribution in [-0.2, 0) is 75.8 Å². The number of benzene rings is 11. The molecule has 11 aromatic carbocycles. The molecule has 0 unspecified atom stereocenters. The van der Waals surface area contributed by atoms with Gasteiger partial charge in [-0.05, 0) is 127 Å². The van der Waals surface area contributed by atoms with Crippen molar-refractivity contribution in [2.75, 3.05) is 19.8 Å². The Balaban J connectivity index is 0.920. The Bertz CT molecular complexity index is 5440. The molecule has 3 aliphatic heterocycles.